The summed E-state index contributed by atoms with van der Waals surface area (Å²) in [6.07, 6.45) is 1.05. The molecule has 0 aliphatic carbocycles. The molecule has 1 heterocycles. The van der Waals surface area contributed by atoms with Crippen LogP contribution in [0.4, 0.5) is 5.69 Å². The van der Waals surface area contributed by atoms with E-state index in [4.69, 9.17) is 4.98 Å². The van der Waals surface area contributed by atoms with E-state index in [-0.39, 0.29) is 17.2 Å². The van der Waals surface area contributed by atoms with Gasteiger partial charge < -0.3 is 4.90 Å². The van der Waals surface area contributed by atoms with Crippen molar-refractivity contribution in [1.82, 2.24) is 9.55 Å². The summed E-state index contributed by atoms with van der Waals surface area (Å²) in [5, 5.41) is 1.06. The number of carbonyl (C=O) groups excluding carboxylic acids is 1. The molecule has 1 atom stereocenters. The number of carbonyl (C=O) groups is 1. The molecule has 0 saturated carbocycles. The molecule has 1 unspecified atom stereocenters. The lowest BCUT2D eigenvalue weighted by Gasteiger charge is -2.18. The Kier molecular flexibility index (Phi) is 6.94. The van der Waals surface area contributed by atoms with Crippen LogP contribution in [0.25, 0.3) is 16.6 Å². The highest BCUT2D eigenvalue weighted by Gasteiger charge is 2.17. The van der Waals surface area contributed by atoms with Crippen LogP contribution in [-0.2, 0) is 4.79 Å². The highest BCUT2D eigenvalue weighted by atomic mass is 32.2. The van der Waals surface area contributed by atoms with E-state index in [2.05, 4.69) is 26.0 Å². The molecule has 4 rings (SSSR count). The molecule has 0 aliphatic rings. The van der Waals surface area contributed by atoms with Crippen molar-refractivity contribution in [2.45, 2.75) is 31.3 Å². The van der Waals surface area contributed by atoms with Crippen molar-refractivity contribution in [2.24, 2.45) is 0 Å². The number of para-hydroxylation sites is 2. The van der Waals surface area contributed by atoms with Gasteiger partial charge in [0.25, 0.3) is 5.56 Å². The van der Waals surface area contributed by atoms with E-state index in [1.165, 1.54) is 17.3 Å². The lowest BCUT2D eigenvalue weighted by atomic mass is 9.98. The second kappa shape index (κ2) is 10.0. The fourth-order valence-electron chi connectivity index (χ4n) is 3.64. The summed E-state index contributed by atoms with van der Waals surface area (Å²) in [4.78, 5) is 32.7. The van der Waals surface area contributed by atoms with E-state index in [1.54, 1.807) is 22.6 Å². The first-order valence-electron chi connectivity index (χ1n) is 11.1. The van der Waals surface area contributed by atoms with Crippen molar-refractivity contribution in [1.29, 1.82) is 0 Å². The van der Waals surface area contributed by atoms with Gasteiger partial charge in [-0.25, -0.2) is 4.98 Å². The van der Waals surface area contributed by atoms with Crippen molar-refractivity contribution < 1.29 is 4.79 Å². The lowest BCUT2D eigenvalue weighted by molar-refractivity contribution is -0.115. The van der Waals surface area contributed by atoms with Gasteiger partial charge in [-0.1, -0.05) is 68.1 Å². The number of amides is 1. The van der Waals surface area contributed by atoms with Gasteiger partial charge in [0.2, 0.25) is 5.91 Å². The second-order valence-electron chi connectivity index (χ2n) is 8.03. The van der Waals surface area contributed by atoms with E-state index in [0.717, 1.165) is 17.8 Å². The van der Waals surface area contributed by atoms with Gasteiger partial charge in [0.15, 0.2) is 5.16 Å². The van der Waals surface area contributed by atoms with Crippen LogP contribution in [0.1, 0.15) is 31.7 Å². The first-order valence-corrected chi connectivity index (χ1v) is 12.0. The molecule has 168 valence electrons. The smallest absolute Gasteiger partial charge is 0.266 e. The Morgan fingerprint density at radius 3 is 2.36 bits per heavy atom. The average Bonchev–Trinajstić information content (AvgIpc) is 2.87. The summed E-state index contributed by atoms with van der Waals surface area (Å²) in [7, 11) is 1.76. The Hall–Kier alpha value is -3.38. The minimum atomic E-state index is -0.136. The molecule has 5 nitrogen and oxygen atoms in total. The molecular weight excluding hydrogens is 430 g/mol. The zero-order valence-electron chi connectivity index (χ0n) is 19.1. The van der Waals surface area contributed by atoms with Crippen molar-refractivity contribution >= 4 is 34.3 Å². The van der Waals surface area contributed by atoms with Gasteiger partial charge in [0, 0.05) is 12.7 Å². The van der Waals surface area contributed by atoms with Crippen LogP contribution in [0.3, 0.4) is 0 Å². The van der Waals surface area contributed by atoms with Gasteiger partial charge in [-0.3, -0.25) is 14.2 Å². The maximum absolute atomic E-state index is 13.4. The van der Waals surface area contributed by atoms with Crippen molar-refractivity contribution in [3.05, 3.63) is 94.8 Å². The van der Waals surface area contributed by atoms with E-state index in [0.29, 0.717) is 22.0 Å². The van der Waals surface area contributed by atoms with Gasteiger partial charge in [-0.2, -0.15) is 0 Å². The van der Waals surface area contributed by atoms with Crippen LogP contribution in [0.5, 0.6) is 0 Å². The standard InChI is InChI=1S/C27H27N3O2S/c1-4-19(2)20-14-16-22(17-15-20)30-26(32)23-12-8-9-13-24(23)28-27(30)33-18-25(31)29(3)21-10-6-5-7-11-21/h5-17,19H,4,18H2,1-3H3. The quantitative estimate of drug-likeness (QED) is 0.266. The molecule has 1 amide bonds. The van der Waals surface area contributed by atoms with Gasteiger partial charge in [-0.15, -0.1) is 0 Å². The van der Waals surface area contributed by atoms with Gasteiger partial charge in [0.1, 0.15) is 0 Å². The number of rotatable bonds is 7. The third-order valence-electron chi connectivity index (χ3n) is 5.92. The van der Waals surface area contributed by atoms with E-state index < -0.39 is 0 Å². The molecule has 0 bridgehead atoms. The van der Waals surface area contributed by atoms with Crippen LogP contribution in [0.15, 0.2) is 88.8 Å². The van der Waals surface area contributed by atoms with E-state index >= 15 is 0 Å². The highest BCUT2D eigenvalue weighted by Crippen LogP contribution is 2.25. The molecule has 6 heteroatoms. The topological polar surface area (TPSA) is 55.2 Å². The SMILES string of the molecule is CCC(C)c1ccc(-n2c(SCC(=O)N(C)c3ccccc3)nc3ccccc3c2=O)cc1. The number of thioether (sulfide) groups is 1. The molecular formula is C27H27N3O2S. The van der Waals surface area contributed by atoms with Crippen LogP contribution >= 0.6 is 11.8 Å². The van der Waals surface area contributed by atoms with Crippen molar-refractivity contribution in [2.75, 3.05) is 17.7 Å². The molecule has 3 aromatic carbocycles. The Bertz CT molecular complexity index is 1320. The summed E-state index contributed by atoms with van der Waals surface area (Å²) < 4.78 is 1.61. The maximum atomic E-state index is 13.4. The molecule has 0 saturated heterocycles. The summed E-state index contributed by atoms with van der Waals surface area (Å²) in [5.41, 5.74) is 3.30. The average molecular weight is 458 g/mol. The molecule has 0 radical (unpaired) electrons. The number of hydrogen-bond acceptors (Lipinski definition) is 4. The van der Waals surface area contributed by atoms with Crippen molar-refractivity contribution in [3.8, 4) is 5.69 Å². The fraction of sp³-hybridized carbons (Fsp3) is 0.222. The van der Waals surface area contributed by atoms with Gasteiger partial charge in [-0.05, 0) is 54.3 Å². The predicted octanol–water partition coefficient (Wildman–Crippen LogP) is 5.65. The number of aromatic nitrogens is 2. The highest BCUT2D eigenvalue weighted by molar-refractivity contribution is 7.99. The predicted molar refractivity (Wildman–Crippen MR) is 137 cm³/mol. The van der Waals surface area contributed by atoms with Crippen molar-refractivity contribution in [3.63, 3.8) is 0 Å². The molecule has 0 spiro atoms. The minimum absolute atomic E-state index is 0.0627. The monoisotopic (exact) mass is 457 g/mol. The van der Waals surface area contributed by atoms with E-state index in [1.807, 2.05) is 60.7 Å². The van der Waals surface area contributed by atoms with Crippen LogP contribution in [0, 0.1) is 0 Å². The number of fused-ring (bicyclic) bond motifs is 1. The summed E-state index contributed by atoms with van der Waals surface area (Å²) >= 11 is 1.28. The minimum Gasteiger partial charge on any atom is -0.315 e. The first kappa shape index (κ1) is 22.8. The summed E-state index contributed by atoms with van der Waals surface area (Å²) in [6.45, 7) is 4.35. The zero-order chi connectivity index (χ0) is 23.4. The van der Waals surface area contributed by atoms with Crippen LogP contribution in [0.2, 0.25) is 0 Å². The molecule has 33 heavy (non-hydrogen) atoms. The maximum Gasteiger partial charge on any atom is 0.266 e. The Morgan fingerprint density at radius 2 is 1.67 bits per heavy atom. The second-order valence-corrected chi connectivity index (χ2v) is 8.97. The molecule has 0 N–H and O–H groups in total. The Balaban J connectivity index is 1.70. The zero-order valence-corrected chi connectivity index (χ0v) is 19.9. The number of benzene rings is 3. The first-order chi connectivity index (χ1) is 16.0. The lowest BCUT2D eigenvalue weighted by Crippen LogP contribution is -2.28. The molecule has 4 aromatic rings. The van der Waals surface area contributed by atoms with Crippen LogP contribution < -0.4 is 10.5 Å². The Labute approximate surface area is 198 Å². The normalized spacial score (nSPS) is 12.0. The number of nitrogens with zero attached hydrogens (tertiary/aromatic N) is 3. The molecule has 0 fully saturated rings. The third kappa shape index (κ3) is 4.86. The fourth-order valence-corrected chi connectivity index (χ4v) is 4.57. The largest absolute Gasteiger partial charge is 0.315 e. The van der Waals surface area contributed by atoms with E-state index in [9.17, 15) is 9.59 Å². The molecule has 1 aromatic heterocycles. The van der Waals surface area contributed by atoms with Crippen LogP contribution in [-0.4, -0.2) is 28.3 Å². The van der Waals surface area contributed by atoms with Gasteiger partial charge >= 0.3 is 0 Å². The number of hydrogen-bond donors (Lipinski definition) is 0. The summed E-state index contributed by atoms with van der Waals surface area (Å²) in [5.74, 6) is 0.555. The molecule has 0 aliphatic heterocycles. The Morgan fingerprint density at radius 1 is 1.00 bits per heavy atom. The summed E-state index contributed by atoms with van der Waals surface area (Å²) in [6, 6.07) is 24.9. The number of anilines is 1. The third-order valence-corrected chi connectivity index (χ3v) is 6.84. The van der Waals surface area contributed by atoms with Gasteiger partial charge in [0.05, 0.1) is 22.3 Å².